The Morgan fingerprint density at radius 1 is 1.33 bits per heavy atom. The van der Waals surface area contributed by atoms with Gasteiger partial charge in [-0.3, -0.25) is 0 Å². The molecule has 3 atom stereocenters. The van der Waals surface area contributed by atoms with Gasteiger partial charge < -0.3 is 10.2 Å². The lowest BCUT2D eigenvalue weighted by Crippen LogP contribution is -2.52. The summed E-state index contributed by atoms with van der Waals surface area (Å²) in [6.45, 7) is 11.9. The first kappa shape index (κ1) is 13.0. The summed E-state index contributed by atoms with van der Waals surface area (Å²) < 4.78 is 0. The third-order valence-electron chi connectivity index (χ3n) is 4.06. The summed E-state index contributed by atoms with van der Waals surface area (Å²) in [5.74, 6) is 1.60. The Kier molecular flexibility index (Phi) is 5.07. The fourth-order valence-electron chi connectivity index (χ4n) is 2.59. The Hall–Kier alpha value is -0.0800. The largest absolute Gasteiger partial charge is 0.317 e. The van der Waals surface area contributed by atoms with Gasteiger partial charge in [0.15, 0.2) is 0 Å². The number of piperidine rings is 1. The van der Waals surface area contributed by atoms with Crippen LogP contribution in [0.25, 0.3) is 0 Å². The number of hydrogen-bond donors (Lipinski definition) is 1. The van der Waals surface area contributed by atoms with Gasteiger partial charge in [0.05, 0.1) is 0 Å². The molecule has 90 valence electrons. The molecule has 0 radical (unpaired) electrons. The van der Waals surface area contributed by atoms with Crippen molar-refractivity contribution < 1.29 is 0 Å². The number of rotatable bonds is 4. The van der Waals surface area contributed by atoms with Crippen LogP contribution in [-0.2, 0) is 0 Å². The van der Waals surface area contributed by atoms with E-state index in [9.17, 15) is 0 Å². The molecule has 3 unspecified atom stereocenters. The third-order valence-corrected chi connectivity index (χ3v) is 4.06. The Balaban J connectivity index is 2.42. The van der Waals surface area contributed by atoms with Crippen molar-refractivity contribution in [3.63, 3.8) is 0 Å². The molecule has 2 nitrogen and oxygen atoms in total. The maximum absolute atomic E-state index is 3.44. The molecule has 1 aliphatic heterocycles. The van der Waals surface area contributed by atoms with Crippen LogP contribution in [0.1, 0.15) is 40.5 Å². The summed E-state index contributed by atoms with van der Waals surface area (Å²) in [5.41, 5.74) is 0. The fourth-order valence-corrected chi connectivity index (χ4v) is 2.59. The summed E-state index contributed by atoms with van der Waals surface area (Å²) in [6.07, 6.45) is 2.64. The van der Waals surface area contributed by atoms with Crippen molar-refractivity contribution in [1.29, 1.82) is 0 Å². The van der Waals surface area contributed by atoms with Gasteiger partial charge in [-0.05, 0) is 51.7 Å². The second-order valence-electron chi connectivity index (χ2n) is 5.50. The monoisotopic (exact) mass is 212 g/mol. The van der Waals surface area contributed by atoms with Crippen LogP contribution < -0.4 is 5.32 Å². The molecular formula is C13H28N2. The normalized spacial score (nSPS) is 33.6. The lowest BCUT2D eigenvalue weighted by atomic mass is 9.87. The van der Waals surface area contributed by atoms with E-state index in [1.54, 1.807) is 0 Å². The van der Waals surface area contributed by atoms with Gasteiger partial charge >= 0.3 is 0 Å². The maximum atomic E-state index is 3.44. The standard InChI is InChI=1S/C13H28N2/c1-10(2)6-8-15-9-7-13(14-5)11(3)12(15)4/h10-14H,6-9H2,1-5H3. The Morgan fingerprint density at radius 2 is 2.00 bits per heavy atom. The van der Waals surface area contributed by atoms with Crippen LogP contribution in [0.2, 0.25) is 0 Å². The molecule has 2 heteroatoms. The molecule has 0 aromatic rings. The van der Waals surface area contributed by atoms with E-state index in [2.05, 4.69) is 45.0 Å². The van der Waals surface area contributed by atoms with E-state index in [0.29, 0.717) is 0 Å². The Bertz CT molecular complexity index is 179. The van der Waals surface area contributed by atoms with E-state index in [1.807, 2.05) is 0 Å². The minimum Gasteiger partial charge on any atom is -0.317 e. The molecule has 0 saturated carbocycles. The molecule has 0 aliphatic carbocycles. The number of nitrogens with one attached hydrogen (secondary N) is 1. The predicted octanol–water partition coefficient (Wildman–Crippen LogP) is 2.35. The lowest BCUT2D eigenvalue weighted by Gasteiger charge is -2.43. The van der Waals surface area contributed by atoms with Gasteiger partial charge in [0.1, 0.15) is 0 Å². The molecule has 1 N–H and O–H groups in total. The van der Waals surface area contributed by atoms with Crippen LogP contribution in [0, 0.1) is 11.8 Å². The van der Waals surface area contributed by atoms with Gasteiger partial charge in [-0.2, -0.15) is 0 Å². The van der Waals surface area contributed by atoms with Gasteiger partial charge in [0.2, 0.25) is 0 Å². The van der Waals surface area contributed by atoms with E-state index in [-0.39, 0.29) is 0 Å². The Labute approximate surface area is 95.4 Å². The SMILES string of the molecule is CNC1CCN(CCC(C)C)C(C)C1C. The van der Waals surface area contributed by atoms with E-state index in [4.69, 9.17) is 0 Å². The zero-order valence-corrected chi connectivity index (χ0v) is 11.1. The molecule has 0 aromatic heterocycles. The molecule has 1 heterocycles. The highest BCUT2D eigenvalue weighted by Gasteiger charge is 2.30. The molecule has 0 amide bonds. The zero-order chi connectivity index (χ0) is 11.4. The molecule has 1 aliphatic rings. The first-order valence-corrected chi connectivity index (χ1v) is 6.47. The van der Waals surface area contributed by atoms with E-state index in [0.717, 1.165) is 23.9 Å². The highest BCUT2D eigenvalue weighted by Crippen LogP contribution is 2.23. The highest BCUT2D eigenvalue weighted by atomic mass is 15.2. The predicted molar refractivity (Wildman–Crippen MR) is 67.1 cm³/mol. The molecule has 1 fully saturated rings. The van der Waals surface area contributed by atoms with Crippen LogP contribution in [0.3, 0.4) is 0 Å². The molecule has 15 heavy (non-hydrogen) atoms. The van der Waals surface area contributed by atoms with Crippen LogP contribution in [0.15, 0.2) is 0 Å². The second kappa shape index (κ2) is 5.86. The second-order valence-corrected chi connectivity index (χ2v) is 5.50. The van der Waals surface area contributed by atoms with Crippen molar-refractivity contribution in [3.05, 3.63) is 0 Å². The number of nitrogens with zero attached hydrogens (tertiary/aromatic N) is 1. The van der Waals surface area contributed by atoms with E-state index >= 15 is 0 Å². The quantitative estimate of drug-likeness (QED) is 0.769. The van der Waals surface area contributed by atoms with E-state index in [1.165, 1.54) is 25.9 Å². The molecule has 1 saturated heterocycles. The smallest absolute Gasteiger partial charge is 0.0117 e. The summed E-state index contributed by atoms with van der Waals surface area (Å²) >= 11 is 0. The van der Waals surface area contributed by atoms with Crippen LogP contribution in [-0.4, -0.2) is 37.1 Å². The third kappa shape index (κ3) is 3.46. The van der Waals surface area contributed by atoms with Crippen molar-refractivity contribution in [2.75, 3.05) is 20.1 Å². The fraction of sp³-hybridized carbons (Fsp3) is 1.00. The van der Waals surface area contributed by atoms with Crippen molar-refractivity contribution in [1.82, 2.24) is 10.2 Å². The van der Waals surface area contributed by atoms with Gasteiger partial charge in [0, 0.05) is 12.1 Å². The van der Waals surface area contributed by atoms with Crippen molar-refractivity contribution in [2.45, 2.75) is 52.6 Å². The lowest BCUT2D eigenvalue weighted by molar-refractivity contribution is 0.0834. The van der Waals surface area contributed by atoms with Crippen LogP contribution in [0.4, 0.5) is 0 Å². The maximum Gasteiger partial charge on any atom is 0.0117 e. The van der Waals surface area contributed by atoms with Crippen molar-refractivity contribution in [2.24, 2.45) is 11.8 Å². The number of likely N-dealkylation sites (tertiary alicyclic amines) is 1. The minimum atomic E-state index is 0.718. The molecule has 1 rings (SSSR count). The topological polar surface area (TPSA) is 15.3 Å². The van der Waals surface area contributed by atoms with Gasteiger partial charge in [0.25, 0.3) is 0 Å². The van der Waals surface area contributed by atoms with Gasteiger partial charge in [-0.25, -0.2) is 0 Å². The summed E-state index contributed by atoms with van der Waals surface area (Å²) in [5, 5.41) is 3.44. The van der Waals surface area contributed by atoms with E-state index < -0.39 is 0 Å². The molecule has 0 aromatic carbocycles. The Morgan fingerprint density at radius 3 is 2.53 bits per heavy atom. The van der Waals surface area contributed by atoms with Gasteiger partial charge in [-0.15, -0.1) is 0 Å². The van der Waals surface area contributed by atoms with Crippen molar-refractivity contribution >= 4 is 0 Å². The first-order chi connectivity index (χ1) is 7.06. The first-order valence-electron chi connectivity index (χ1n) is 6.47. The molecule has 0 bridgehead atoms. The molecular weight excluding hydrogens is 184 g/mol. The van der Waals surface area contributed by atoms with Crippen LogP contribution >= 0.6 is 0 Å². The summed E-state index contributed by atoms with van der Waals surface area (Å²) in [4.78, 5) is 2.67. The minimum absolute atomic E-state index is 0.718. The van der Waals surface area contributed by atoms with Crippen molar-refractivity contribution in [3.8, 4) is 0 Å². The number of hydrogen-bond acceptors (Lipinski definition) is 2. The summed E-state index contributed by atoms with van der Waals surface area (Å²) in [7, 11) is 2.09. The van der Waals surface area contributed by atoms with Crippen LogP contribution in [0.5, 0.6) is 0 Å². The molecule has 0 spiro atoms. The average Bonchev–Trinajstić information content (AvgIpc) is 2.20. The average molecular weight is 212 g/mol. The van der Waals surface area contributed by atoms with Gasteiger partial charge in [-0.1, -0.05) is 20.8 Å². The highest BCUT2D eigenvalue weighted by molar-refractivity contribution is 4.87. The summed E-state index contributed by atoms with van der Waals surface area (Å²) in [6, 6.07) is 1.45. The zero-order valence-electron chi connectivity index (χ0n) is 11.1.